The maximum atomic E-state index is 13.3. The molecular weight excluding hydrogens is 437 g/mol. The highest BCUT2D eigenvalue weighted by molar-refractivity contribution is 5.96. The lowest BCUT2D eigenvalue weighted by atomic mass is 9.91. The number of para-hydroxylation sites is 1. The van der Waals surface area contributed by atoms with Gasteiger partial charge in [-0.05, 0) is 54.4 Å². The quantitative estimate of drug-likeness (QED) is 0.533. The normalized spacial score (nSPS) is 16.4. The van der Waals surface area contributed by atoms with Crippen molar-refractivity contribution >= 4 is 11.9 Å². The van der Waals surface area contributed by atoms with Gasteiger partial charge in [-0.25, -0.2) is 4.39 Å². The van der Waals surface area contributed by atoms with E-state index in [2.05, 4.69) is 0 Å². The van der Waals surface area contributed by atoms with Crippen molar-refractivity contribution in [2.45, 2.75) is 31.9 Å². The Bertz CT molecular complexity index is 1210. The van der Waals surface area contributed by atoms with E-state index in [4.69, 9.17) is 9.47 Å². The van der Waals surface area contributed by atoms with E-state index in [-0.39, 0.29) is 18.3 Å². The number of carboxylic acids is 1. The standard InChI is InChI=1S/C27H26FNO5/c1-27(14-18-7-10-22(28)11-8-18)15-21-13-19(9-12-24(21)34-27)26(32)29(17-25(30)31)16-20-5-3-4-6-23(20)33-2/h3-13H,14-17H2,1-2H3,(H,30,31)/t27-/m1/s1. The average molecular weight is 464 g/mol. The van der Waals surface area contributed by atoms with Crippen LogP contribution in [0.15, 0.2) is 66.7 Å². The minimum absolute atomic E-state index is 0.102. The number of carbonyl (C=O) groups is 2. The lowest BCUT2D eigenvalue weighted by Gasteiger charge is -2.24. The SMILES string of the molecule is COc1ccccc1CN(CC(=O)O)C(=O)c1ccc2c(c1)C[C@@](C)(Cc1ccc(F)cc1)O2. The molecule has 1 heterocycles. The van der Waals surface area contributed by atoms with Crippen LogP contribution in [-0.2, 0) is 24.2 Å². The van der Waals surface area contributed by atoms with Gasteiger partial charge in [0.1, 0.15) is 29.5 Å². The Labute approximate surface area is 197 Å². The number of carboxylic acid groups (broad SMARTS) is 1. The number of hydrogen-bond acceptors (Lipinski definition) is 4. The van der Waals surface area contributed by atoms with Crippen LogP contribution in [0.2, 0.25) is 0 Å². The van der Waals surface area contributed by atoms with Gasteiger partial charge in [0.25, 0.3) is 5.91 Å². The van der Waals surface area contributed by atoms with Crippen molar-refractivity contribution in [3.8, 4) is 11.5 Å². The van der Waals surface area contributed by atoms with Crippen LogP contribution in [0.4, 0.5) is 4.39 Å². The molecule has 1 aliphatic rings. The second-order valence-corrected chi connectivity index (χ2v) is 8.72. The molecule has 176 valence electrons. The summed E-state index contributed by atoms with van der Waals surface area (Å²) >= 11 is 0. The zero-order valence-electron chi connectivity index (χ0n) is 19.1. The van der Waals surface area contributed by atoms with Crippen molar-refractivity contribution in [3.63, 3.8) is 0 Å². The molecule has 0 fully saturated rings. The van der Waals surface area contributed by atoms with Crippen LogP contribution in [0.1, 0.15) is 34.0 Å². The summed E-state index contributed by atoms with van der Waals surface area (Å²) in [6, 6.07) is 18.7. The minimum Gasteiger partial charge on any atom is -0.496 e. The Morgan fingerprint density at radius 2 is 1.85 bits per heavy atom. The molecule has 0 saturated carbocycles. The number of hydrogen-bond donors (Lipinski definition) is 1. The molecule has 0 bridgehead atoms. The van der Waals surface area contributed by atoms with Crippen LogP contribution in [0.25, 0.3) is 0 Å². The first-order valence-electron chi connectivity index (χ1n) is 11.0. The van der Waals surface area contributed by atoms with Gasteiger partial charge in [0.05, 0.1) is 13.7 Å². The summed E-state index contributed by atoms with van der Waals surface area (Å²) in [5.74, 6) is -0.491. The molecule has 0 saturated heterocycles. The van der Waals surface area contributed by atoms with E-state index in [9.17, 15) is 19.1 Å². The molecule has 0 radical (unpaired) electrons. The lowest BCUT2D eigenvalue weighted by molar-refractivity contribution is -0.137. The summed E-state index contributed by atoms with van der Waals surface area (Å²) in [5, 5.41) is 9.40. The Kier molecular flexibility index (Phi) is 6.54. The highest BCUT2D eigenvalue weighted by Gasteiger charge is 2.35. The van der Waals surface area contributed by atoms with Crippen LogP contribution in [0.3, 0.4) is 0 Å². The smallest absolute Gasteiger partial charge is 0.323 e. The predicted octanol–water partition coefficient (Wildman–Crippen LogP) is 4.50. The van der Waals surface area contributed by atoms with Crippen molar-refractivity contribution in [2.24, 2.45) is 0 Å². The fourth-order valence-corrected chi connectivity index (χ4v) is 4.37. The van der Waals surface area contributed by atoms with Crippen LogP contribution in [0.5, 0.6) is 11.5 Å². The number of amides is 1. The van der Waals surface area contributed by atoms with E-state index >= 15 is 0 Å². The summed E-state index contributed by atoms with van der Waals surface area (Å²) in [6.45, 7) is 1.65. The van der Waals surface area contributed by atoms with E-state index in [0.29, 0.717) is 29.9 Å². The van der Waals surface area contributed by atoms with Gasteiger partial charge >= 0.3 is 5.97 Å². The van der Waals surface area contributed by atoms with Crippen molar-refractivity contribution in [3.05, 3.63) is 94.8 Å². The van der Waals surface area contributed by atoms with Gasteiger partial charge in [-0.3, -0.25) is 9.59 Å². The molecule has 0 unspecified atom stereocenters. The number of benzene rings is 3. The summed E-state index contributed by atoms with van der Waals surface area (Å²) in [4.78, 5) is 26.1. The van der Waals surface area contributed by atoms with Crippen LogP contribution < -0.4 is 9.47 Å². The molecule has 0 aromatic heterocycles. The highest BCUT2D eigenvalue weighted by atomic mass is 19.1. The van der Waals surface area contributed by atoms with Gasteiger partial charge in [0.2, 0.25) is 0 Å². The van der Waals surface area contributed by atoms with Gasteiger partial charge in [-0.15, -0.1) is 0 Å². The molecule has 4 rings (SSSR count). The van der Waals surface area contributed by atoms with Crippen LogP contribution >= 0.6 is 0 Å². The predicted molar refractivity (Wildman–Crippen MR) is 125 cm³/mol. The molecule has 0 spiro atoms. The Morgan fingerprint density at radius 3 is 2.56 bits per heavy atom. The van der Waals surface area contributed by atoms with Crippen LogP contribution in [0, 0.1) is 5.82 Å². The van der Waals surface area contributed by atoms with Crippen LogP contribution in [-0.4, -0.2) is 41.1 Å². The van der Waals surface area contributed by atoms with Crippen molar-refractivity contribution in [1.29, 1.82) is 0 Å². The fourth-order valence-electron chi connectivity index (χ4n) is 4.37. The number of aliphatic carboxylic acids is 1. The van der Waals surface area contributed by atoms with Crippen molar-refractivity contribution < 1.29 is 28.6 Å². The molecule has 3 aromatic rings. The third-order valence-corrected chi connectivity index (χ3v) is 5.89. The molecule has 1 atom stereocenters. The molecule has 6 nitrogen and oxygen atoms in total. The molecule has 34 heavy (non-hydrogen) atoms. The second kappa shape index (κ2) is 9.55. The first kappa shape index (κ1) is 23.3. The zero-order chi connectivity index (χ0) is 24.3. The average Bonchev–Trinajstić information content (AvgIpc) is 3.14. The van der Waals surface area contributed by atoms with E-state index in [1.54, 1.807) is 42.5 Å². The minimum atomic E-state index is -1.10. The summed E-state index contributed by atoms with van der Waals surface area (Å²) in [5.41, 5.74) is 2.42. The molecule has 1 amide bonds. The van der Waals surface area contributed by atoms with E-state index in [1.807, 2.05) is 19.1 Å². The van der Waals surface area contributed by atoms with Gasteiger partial charge in [-0.1, -0.05) is 30.3 Å². The molecule has 1 aliphatic heterocycles. The number of ether oxygens (including phenoxy) is 2. The third kappa shape index (κ3) is 5.20. The Balaban J connectivity index is 1.54. The van der Waals surface area contributed by atoms with E-state index < -0.39 is 18.1 Å². The monoisotopic (exact) mass is 463 g/mol. The molecule has 7 heteroatoms. The van der Waals surface area contributed by atoms with Gasteiger partial charge in [0.15, 0.2) is 0 Å². The maximum absolute atomic E-state index is 13.3. The second-order valence-electron chi connectivity index (χ2n) is 8.72. The molecular formula is C27H26FNO5. The highest BCUT2D eigenvalue weighted by Crippen LogP contribution is 2.37. The maximum Gasteiger partial charge on any atom is 0.323 e. The van der Waals surface area contributed by atoms with Crippen molar-refractivity contribution in [2.75, 3.05) is 13.7 Å². The first-order chi connectivity index (χ1) is 16.3. The van der Waals surface area contributed by atoms with E-state index in [0.717, 1.165) is 16.7 Å². The van der Waals surface area contributed by atoms with Gasteiger partial charge < -0.3 is 19.5 Å². The largest absolute Gasteiger partial charge is 0.496 e. The first-order valence-corrected chi connectivity index (χ1v) is 11.0. The third-order valence-electron chi connectivity index (χ3n) is 5.89. The number of carbonyl (C=O) groups excluding carboxylic acids is 1. The Morgan fingerprint density at radius 1 is 1.12 bits per heavy atom. The number of fused-ring (bicyclic) bond motifs is 1. The molecule has 1 N–H and O–H groups in total. The number of halogens is 1. The van der Waals surface area contributed by atoms with E-state index in [1.165, 1.54) is 24.1 Å². The number of rotatable bonds is 8. The number of methoxy groups -OCH3 is 1. The van der Waals surface area contributed by atoms with Gasteiger partial charge in [-0.2, -0.15) is 0 Å². The fraction of sp³-hybridized carbons (Fsp3) is 0.259. The summed E-state index contributed by atoms with van der Waals surface area (Å²) < 4.78 is 24.8. The summed E-state index contributed by atoms with van der Waals surface area (Å²) in [7, 11) is 1.53. The van der Waals surface area contributed by atoms with Gasteiger partial charge in [0, 0.05) is 24.0 Å². The molecule has 0 aliphatic carbocycles. The number of nitrogens with zero attached hydrogens (tertiary/aromatic N) is 1. The molecule has 3 aromatic carbocycles. The van der Waals surface area contributed by atoms with Crippen molar-refractivity contribution in [1.82, 2.24) is 4.90 Å². The Hall–Kier alpha value is -3.87. The zero-order valence-corrected chi connectivity index (χ0v) is 19.1. The topological polar surface area (TPSA) is 76.1 Å². The summed E-state index contributed by atoms with van der Waals surface area (Å²) in [6.07, 6.45) is 1.16. The lowest BCUT2D eigenvalue weighted by Crippen LogP contribution is -2.35.